The highest BCUT2D eigenvalue weighted by Crippen LogP contribution is 2.36. The quantitative estimate of drug-likeness (QED) is 0.831. The van der Waals surface area contributed by atoms with Crippen LogP contribution in [0.2, 0.25) is 10.0 Å². The van der Waals surface area contributed by atoms with Crippen molar-refractivity contribution in [3.63, 3.8) is 0 Å². The second kappa shape index (κ2) is 6.95. The third kappa shape index (κ3) is 3.55. The minimum atomic E-state index is -0.473. The number of amides is 1. The van der Waals surface area contributed by atoms with Crippen LogP contribution in [0, 0.1) is 0 Å². The summed E-state index contributed by atoms with van der Waals surface area (Å²) in [4.78, 5) is 24.6. The first-order valence-corrected chi connectivity index (χ1v) is 8.82. The number of thioether (sulfide) groups is 1. The molecule has 1 aliphatic heterocycles. The van der Waals surface area contributed by atoms with Crippen molar-refractivity contribution in [1.82, 2.24) is 5.32 Å². The van der Waals surface area contributed by atoms with Gasteiger partial charge in [0.25, 0.3) is 0 Å². The van der Waals surface area contributed by atoms with Gasteiger partial charge in [-0.05, 0) is 17.7 Å². The number of hydrogen-bond donors (Lipinski definition) is 1. The molecule has 6 heteroatoms. The molecule has 23 heavy (non-hydrogen) atoms. The standard InChI is InChI=1S/C17H13Cl2NO2S/c18-11-6-7-12(13(19)8-11)15-17(23-9-14(21)20-15)16(22)10-4-2-1-3-5-10/h1-8,15,17H,9H2,(H,20,21)/t15-,17+/m0/s1. The number of rotatable bonds is 3. The van der Waals surface area contributed by atoms with E-state index >= 15 is 0 Å². The van der Waals surface area contributed by atoms with E-state index in [1.54, 1.807) is 30.3 Å². The number of nitrogens with one attached hydrogen (secondary N) is 1. The van der Waals surface area contributed by atoms with E-state index in [1.165, 1.54) is 11.8 Å². The van der Waals surface area contributed by atoms with Gasteiger partial charge < -0.3 is 5.32 Å². The molecule has 0 spiro atoms. The van der Waals surface area contributed by atoms with E-state index in [0.29, 0.717) is 21.2 Å². The van der Waals surface area contributed by atoms with Gasteiger partial charge in [-0.15, -0.1) is 11.8 Å². The zero-order valence-corrected chi connectivity index (χ0v) is 14.3. The van der Waals surface area contributed by atoms with Gasteiger partial charge >= 0.3 is 0 Å². The zero-order valence-electron chi connectivity index (χ0n) is 12.0. The SMILES string of the molecule is O=C1CS[C@@H](C(=O)c2ccccc2)[C@H](c2ccc(Cl)cc2Cl)N1. The normalized spacial score (nSPS) is 20.9. The van der Waals surface area contributed by atoms with Crippen molar-refractivity contribution in [3.8, 4) is 0 Å². The minimum Gasteiger partial charge on any atom is -0.347 e. The summed E-state index contributed by atoms with van der Waals surface area (Å²) in [6, 6.07) is 13.7. The molecule has 1 heterocycles. The summed E-state index contributed by atoms with van der Waals surface area (Å²) < 4.78 is 0. The van der Waals surface area contributed by atoms with E-state index in [4.69, 9.17) is 23.2 Å². The predicted octanol–water partition coefficient (Wildman–Crippen LogP) is 4.15. The Morgan fingerprint density at radius 1 is 1.13 bits per heavy atom. The number of hydrogen-bond acceptors (Lipinski definition) is 3. The maximum absolute atomic E-state index is 12.8. The molecule has 2 aromatic rings. The predicted molar refractivity (Wildman–Crippen MR) is 94.4 cm³/mol. The fraction of sp³-hybridized carbons (Fsp3) is 0.176. The van der Waals surface area contributed by atoms with Crippen molar-refractivity contribution in [2.75, 3.05) is 5.75 Å². The van der Waals surface area contributed by atoms with Crippen molar-refractivity contribution < 1.29 is 9.59 Å². The van der Waals surface area contributed by atoms with Crippen LogP contribution in [0.3, 0.4) is 0 Å². The van der Waals surface area contributed by atoms with Crippen molar-refractivity contribution in [2.24, 2.45) is 0 Å². The molecule has 1 aliphatic rings. The third-order valence-electron chi connectivity index (χ3n) is 3.63. The van der Waals surface area contributed by atoms with Gasteiger partial charge in [-0.25, -0.2) is 0 Å². The van der Waals surface area contributed by atoms with Crippen LogP contribution in [0.5, 0.6) is 0 Å². The molecule has 0 aromatic heterocycles. The van der Waals surface area contributed by atoms with Gasteiger partial charge in [0.15, 0.2) is 5.78 Å². The Labute approximate surface area is 148 Å². The Kier molecular flexibility index (Phi) is 4.95. The Morgan fingerprint density at radius 2 is 1.87 bits per heavy atom. The van der Waals surface area contributed by atoms with Gasteiger partial charge in [0.2, 0.25) is 5.91 Å². The molecule has 118 valence electrons. The Morgan fingerprint density at radius 3 is 2.57 bits per heavy atom. The molecule has 3 rings (SSSR count). The highest BCUT2D eigenvalue weighted by molar-refractivity contribution is 8.01. The van der Waals surface area contributed by atoms with Crippen LogP contribution in [-0.2, 0) is 4.79 Å². The molecule has 2 aromatic carbocycles. The summed E-state index contributed by atoms with van der Waals surface area (Å²) >= 11 is 13.5. The fourth-order valence-corrected chi connectivity index (χ4v) is 4.18. The maximum atomic E-state index is 12.8. The van der Waals surface area contributed by atoms with Crippen LogP contribution in [-0.4, -0.2) is 22.7 Å². The molecule has 3 nitrogen and oxygen atoms in total. The van der Waals surface area contributed by atoms with E-state index in [0.717, 1.165) is 0 Å². The van der Waals surface area contributed by atoms with E-state index < -0.39 is 11.3 Å². The van der Waals surface area contributed by atoms with Gasteiger partial charge in [-0.1, -0.05) is 59.6 Å². The highest BCUT2D eigenvalue weighted by atomic mass is 35.5. The number of benzene rings is 2. The largest absolute Gasteiger partial charge is 0.347 e. The molecule has 0 bridgehead atoms. The molecule has 1 saturated heterocycles. The van der Waals surface area contributed by atoms with Gasteiger partial charge in [0.05, 0.1) is 17.0 Å². The Bertz CT molecular complexity index is 752. The maximum Gasteiger partial charge on any atom is 0.230 e. The Balaban J connectivity index is 1.97. The lowest BCUT2D eigenvalue weighted by Crippen LogP contribution is -2.44. The van der Waals surface area contributed by atoms with Crippen molar-refractivity contribution >= 4 is 46.7 Å². The Hall–Kier alpha value is -1.49. The van der Waals surface area contributed by atoms with E-state index in [1.807, 2.05) is 18.2 Å². The average Bonchev–Trinajstić information content (AvgIpc) is 2.55. The van der Waals surface area contributed by atoms with Crippen LogP contribution in [0.15, 0.2) is 48.5 Å². The summed E-state index contributed by atoms with van der Waals surface area (Å²) in [6.45, 7) is 0. The second-order valence-corrected chi connectivity index (χ2v) is 7.15. The number of carbonyl (C=O) groups excluding carboxylic acids is 2. The van der Waals surface area contributed by atoms with Crippen LogP contribution in [0.4, 0.5) is 0 Å². The lowest BCUT2D eigenvalue weighted by atomic mass is 9.97. The van der Waals surface area contributed by atoms with Gasteiger partial charge in [-0.3, -0.25) is 9.59 Å². The smallest absolute Gasteiger partial charge is 0.230 e. The monoisotopic (exact) mass is 365 g/mol. The zero-order chi connectivity index (χ0) is 16.4. The summed E-state index contributed by atoms with van der Waals surface area (Å²) in [5.74, 6) is 0.125. The molecule has 0 saturated carbocycles. The summed E-state index contributed by atoms with van der Waals surface area (Å²) in [5, 5.41) is 3.42. The van der Waals surface area contributed by atoms with Crippen LogP contribution >= 0.6 is 35.0 Å². The van der Waals surface area contributed by atoms with E-state index in [9.17, 15) is 9.59 Å². The number of Topliss-reactive ketones (excluding diaryl/α,β-unsaturated/α-hetero) is 1. The first kappa shape index (κ1) is 16.4. The highest BCUT2D eigenvalue weighted by Gasteiger charge is 2.36. The van der Waals surface area contributed by atoms with Crippen LogP contribution in [0.1, 0.15) is 22.0 Å². The minimum absolute atomic E-state index is 0.0217. The first-order valence-electron chi connectivity index (χ1n) is 7.01. The summed E-state index contributed by atoms with van der Waals surface area (Å²) in [7, 11) is 0. The molecule has 0 unspecified atom stereocenters. The average molecular weight is 366 g/mol. The van der Waals surface area contributed by atoms with E-state index in [-0.39, 0.29) is 17.4 Å². The summed E-state index contributed by atoms with van der Waals surface area (Å²) in [6.07, 6.45) is 0. The van der Waals surface area contributed by atoms with Crippen molar-refractivity contribution in [1.29, 1.82) is 0 Å². The van der Waals surface area contributed by atoms with E-state index in [2.05, 4.69) is 5.32 Å². The molecule has 1 N–H and O–H groups in total. The molecular formula is C17H13Cl2NO2S. The molecule has 1 amide bonds. The molecule has 0 radical (unpaired) electrons. The molecule has 0 aliphatic carbocycles. The van der Waals surface area contributed by atoms with Gasteiger partial charge in [0, 0.05) is 15.6 Å². The van der Waals surface area contributed by atoms with Gasteiger partial charge in [-0.2, -0.15) is 0 Å². The number of carbonyl (C=O) groups is 2. The second-order valence-electron chi connectivity index (χ2n) is 5.17. The van der Waals surface area contributed by atoms with Crippen molar-refractivity contribution in [3.05, 3.63) is 69.7 Å². The summed E-state index contributed by atoms with van der Waals surface area (Å²) in [5.41, 5.74) is 1.32. The fourth-order valence-electron chi connectivity index (χ4n) is 2.54. The molecule has 1 fully saturated rings. The number of ketones is 1. The molecule has 2 atom stereocenters. The van der Waals surface area contributed by atoms with Crippen LogP contribution < -0.4 is 5.32 Å². The third-order valence-corrected chi connectivity index (χ3v) is 5.46. The first-order chi connectivity index (χ1) is 11.1. The lowest BCUT2D eigenvalue weighted by Gasteiger charge is -2.31. The lowest BCUT2D eigenvalue weighted by molar-refractivity contribution is -0.119. The topological polar surface area (TPSA) is 46.2 Å². The molecular weight excluding hydrogens is 353 g/mol. The van der Waals surface area contributed by atoms with Crippen LogP contribution in [0.25, 0.3) is 0 Å². The van der Waals surface area contributed by atoms with Gasteiger partial charge in [0.1, 0.15) is 0 Å². The number of halogens is 2. The van der Waals surface area contributed by atoms with Crippen molar-refractivity contribution in [2.45, 2.75) is 11.3 Å².